The van der Waals surface area contributed by atoms with Crippen LogP contribution in [-0.4, -0.2) is 47.8 Å². The molecule has 0 bridgehead atoms. The highest BCUT2D eigenvalue weighted by atomic mass is 35.5. The molecular formula is C16H15ClN2O3. The van der Waals surface area contributed by atoms with E-state index in [0.717, 1.165) is 0 Å². The lowest BCUT2D eigenvalue weighted by atomic mass is 10.1. The zero-order chi connectivity index (χ0) is 15.5. The Kier molecular flexibility index (Phi) is 4.15. The number of halogens is 1. The second-order valence-corrected chi connectivity index (χ2v) is 5.48. The van der Waals surface area contributed by atoms with Gasteiger partial charge in [0, 0.05) is 26.2 Å². The maximum absolute atomic E-state index is 12.4. The first kappa shape index (κ1) is 14.7. The Labute approximate surface area is 133 Å². The van der Waals surface area contributed by atoms with Gasteiger partial charge in [0.15, 0.2) is 0 Å². The molecule has 1 aliphatic heterocycles. The highest BCUT2D eigenvalue weighted by molar-refractivity contribution is 6.33. The number of rotatable bonds is 2. The summed E-state index contributed by atoms with van der Waals surface area (Å²) in [4.78, 5) is 28.1. The number of hydrogen-bond donors (Lipinski definition) is 0. The first-order valence-corrected chi connectivity index (χ1v) is 7.40. The molecule has 1 aromatic heterocycles. The number of carbonyl (C=O) groups excluding carboxylic acids is 2. The normalized spacial score (nSPS) is 15.0. The maximum Gasteiger partial charge on any atom is 0.257 e. The highest BCUT2D eigenvalue weighted by Crippen LogP contribution is 2.18. The second-order valence-electron chi connectivity index (χ2n) is 5.08. The Hall–Kier alpha value is -2.27. The van der Waals surface area contributed by atoms with Gasteiger partial charge in [-0.1, -0.05) is 23.7 Å². The SMILES string of the molecule is O=C(c1ccoc1)N1CCN(C(=O)c2ccccc2Cl)CC1. The fraction of sp³-hybridized carbons (Fsp3) is 0.250. The Morgan fingerprint density at radius 2 is 1.59 bits per heavy atom. The number of nitrogens with zero attached hydrogens (tertiary/aromatic N) is 2. The van der Waals surface area contributed by atoms with Gasteiger partial charge in [-0.15, -0.1) is 0 Å². The van der Waals surface area contributed by atoms with Crippen LogP contribution in [0.5, 0.6) is 0 Å². The van der Waals surface area contributed by atoms with Gasteiger partial charge in [-0.2, -0.15) is 0 Å². The summed E-state index contributed by atoms with van der Waals surface area (Å²) >= 11 is 6.06. The molecular weight excluding hydrogens is 304 g/mol. The van der Waals surface area contributed by atoms with Crippen molar-refractivity contribution >= 4 is 23.4 Å². The zero-order valence-corrected chi connectivity index (χ0v) is 12.6. The molecule has 0 radical (unpaired) electrons. The largest absolute Gasteiger partial charge is 0.472 e. The quantitative estimate of drug-likeness (QED) is 0.855. The van der Waals surface area contributed by atoms with Gasteiger partial charge in [0.05, 0.1) is 22.4 Å². The third-order valence-electron chi connectivity index (χ3n) is 3.73. The molecule has 22 heavy (non-hydrogen) atoms. The van der Waals surface area contributed by atoms with Crippen molar-refractivity contribution in [2.75, 3.05) is 26.2 Å². The van der Waals surface area contributed by atoms with Gasteiger partial charge in [0.2, 0.25) is 0 Å². The number of amides is 2. The first-order valence-electron chi connectivity index (χ1n) is 7.02. The van der Waals surface area contributed by atoms with Gasteiger partial charge in [-0.3, -0.25) is 9.59 Å². The Morgan fingerprint density at radius 1 is 0.955 bits per heavy atom. The fourth-order valence-corrected chi connectivity index (χ4v) is 2.70. The van der Waals surface area contributed by atoms with Gasteiger partial charge in [-0.05, 0) is 18.2 Å². The maximum atomic E-state index is 12.4. The Balaban J connectivity index is 1.63. The molecule has 6 heteroatoms. The second kappa shape index (κ2) is 6.23. The van der Waals surface area contributed by atoms with E-state index in [0.29, 0.717) is 42.3 Å². The molecule has 1 aliphatic rings. The molecule has 0 spiro atoms. The summed E-state index contributed by atoms with van der Waals surface area (Å²) < 4.78 is 4.93. The van der Waals surface area contributed by atoms with E-state index in [2.05, 4.69) is 0 Å². The highest BCUT2D eigenvalue weighted by Gasteiger charge is 2.26. The van der Waals surface area contributed by atoms with Gasteiger partial charge >= 0.3 is 0 Å². The lowest BCUT2D eigenvalue weighted by Crippen LogP contribution is -2.50. The van der Waals surface area contributed by atoms with Gasteiger partial charge in [0.25, 0.3) is 11.8 Å². The lowest BCUT2D eigenvalue weighted by molar-refractivity contribution is 0.0535. The number of hydrogen-bond acceptors (Lipinski definition) is 3. The molecule has 0 atom stereocenters. The number of furan rings is 1. The molecule has 1 aromatic carbocycles. The van der Waals surface area contributed by atoms with Crippen LogP contribution in [0.25, 0.3) is 0 Å². The summed E-state index contributed by atoms with van der Waals surface area (Å²) in [7, 11) is 0. The molecule has 0 N–H and O–H groups in total. The summed E-state index contributed by atoms with van der Waals surface area (Å²) in [5.41, 5.74) is 1.03. The molecule has 0 unspecified atom stereocenters. The van der Waals surface area contributed by atoms with E-state index in [4.69, 9.17) is 16.0 Å². The van der Waals surface area contributed by atoms with Crippen molar-refractivity contribution in [2.45, 2.75) is 0 Å². The monoisotopic (exact) mass is 318 g/mol. The third kappa shape index (κ3) is 2.85. The van der Waals surface area contributed by atoms with Gasteiger partial charge in [0.1, 0.15) is 6.26 Å². The zero-order valence-electron chi connectivity index (χ0n) is 11.9. The predicted molar refractivity (Wildman–Crippen MR) is 82.0 cm³/mol. The van der Waals surface area contributed by atoms with Crippen LogP contribution in [0.2, 0.25) is 5.02 Å². The van der Waals surface area contributed by atoms with Crippen molar-refractivity contribution in [3.63, 3.8) is 0 Å². The minimum Gasteiger partial charge on any atom is -0.472 e. The van der Waals surface area contributed by atoms with Crippen molar-refractivity contribution in [1.29, 1.82) is 0 Å². The van der Waals surface area contributed by atoms with Crippen molar-refractivity contribution in [3.8, 4) is 0 Å². The summed E-state index contributed by atoms with van der Waals surface area (Å²) in [6, 6.07) is 8.64. The number of carbonyl (C=O) groups is 2. The predicted octanol–water partition coefficient (Wildman–Crippen LogP) is 2.53. The van der Waals surface area contributed by atoms with E-state index in [9.17, 15) is 9.59 Å². The van der Waals surface area contributed by atoms with Crippen molar-refractivity contribution in [1.82, 2.24) is 9.80 Å². The average Bonchev–Trinajstić information content (AvgIpc) is 3.09. The van der Waals surface area contributed by atoms with E-state index < -0.39 is 0 Å². The van der Waals surface area contributed by atoms with E-state index in [1.54, 1.807) is 40.1 Å². The van der Waals surface area contributed by atoms with E-state index >= 15 is 0 Å². The van der Waals surface area contributed by atoms with Crippen molar-refractivity contribution in [2.24, 2.45) is 0 Å². The molecule has 2 amide bonds. The van der Waals surface area contributed by atoms with Crippen LogP contribution < -0.4 is 0 Å². The molecule has 2 heterocycles. The van der Waals surface area contributed by atoms with Crippen LogP contribution in [0.3, 0.4) is 0 Å². The van der Waals surface area contributed by atoms with E-state index in [-0.39, 0.29) is 11.8 Å². The molecule has 0 aliphatic carbocycles. The lowest BCUT2D eigenvalue weighted by Gasteiger charge is -2.34. The van der Waals surface area contributed by atoms with E-state index in [1.807, 2.05) is 0 Å². The van der Waals surface area contributed by atoms with Crippen LogP contribution >= 0.6 is 11.6 Å². The van der Waals surface area contributed by atoms with Gasteiger partial charge in [-0.25, -0.2) is 0 Å². The fourth-order valence-electron chi connectivity index (χ4n) is 2.49. The minimum absolute atomic E-state index is 0.0707. The summed E-state index contributed by atoms with van der Waals surface area (Å²) in [5.74, 6) is -0.167. The van der Waals surface area contributed by atoms with Gasteiger partial charge < -0.3 is 14.2 Å². The minimum atomic E-state index is -0.0963. The standard InChI is InChI=1S/C16H15ClN2O3/c17-14-4-2-1-3-13(14)16(21)19-8-6-18(7-9-19)15(20)12-5-10-22-11-12/h1-5,10-11H,6-9H2. The van der Waals surface area contributed by atoms with E-state index in [1.165, 1.54) is 12.5 Å². The summed E-state index contributed by atoms with van der Waals surface area (Å²) in [6.45, 7) is 1.99. The number of piperazine rings is 1. The van der Waals surface area contributed by atoms with Crippen LogP contribution in [-0.2, 0) is 0 Å². The van der Waals surface area contributed by atoms with Crippen LogP contribution in [0.15, 0.2) is 47.3 Å². The Morgan fingerprint density at radius 3 is 2.18 bits per heavy atom. The topological polar surface area (TPSA) is 53.8 Å². The third-order valence-corrected chi connectivity index (χ3v) is 4.06. The smallest absolute Gasteiger partial charge is 0.257 e. The molecule has 5 nitrogen and oxygen atoms in total. The molecule has 2 aromatic rings. The molecule has 1 saturated heterocycles. The first-order chi connectivity index (χ1) is 10.7. The van der Waals surface area contributed by atoms with Crippen molar-refractivity contribution in [3.05, 3.63) is 59.0 Å². The van der Waals surface area contributed by atoms with Crippen LogP contribution in [0, 0.1) is 0 Å². The summed E-state index contributed by atoms with van der Waals surface area (Å²) in [6.07, 6.45) is 2.91. The van der Waals surface area contributed by atoms with Crippen LogP contribution in [0.4, 0.5) is 0 Å². The summed E-state index contributed by atoms with van der Waals surface area (Å²) in [5, 5.41) is 0.449. The average molecular weight is 319 g/mol. The van der Waals surface area contributed by atoms with Crippen molar-refractivity contribution < 1.29 is 14.0 Å². The van der Waals surface area contributed by atoms with Crippen LogP contribution in [0.1, 0.15) is 20.7 Å². The Bertz CT molecular complexity index is 676. The number of benzene rings is 1. The molecule has 0 saturated carbocycles. The molecule has 3 rings (SSSR count). The molecule has 114 valence electrons. The molecule has 1 fully saturated rings.